The van der Waals surface area contributed by atoms with E-state index < -0.39 is 12.5 Å². The molecular formula is C7H8NO3-. The SMILES string of the molecule is C#CCN(CC(=O)[O-])C(C)=O. The van der Waals surface area contributed by atoms with E-state index in [-0.39, 0.29) is 12.5 Å². The van der Waals surface area contributed by atoms with Gasteiger partial charge in [0.05, 0.1) is 19.1 Å². The van der Waals surface area contributed by atoms with Crippen LogP contribution in [0.25, 0.3) is 0 Å². The molecule has 0 saturated carbocycles. The van der Waals surface area contributed by atoms with Crippen molar-refractivity contribution in [2.45, 2.75) is 6.92 Å². The van der Waals surface area contributed by atoms with Crippen LogP contribution in [0.5, 0.6) is 0 Å². The van der Waals surface area contributed by atoms with E-state index in [1.54, 1.807) is 0 Å². The maximum atomic E-state index is 10.6. The molecule has 60 valence electrons. The predicted octanol–water partition coefficient (Wildman–Crippen LogP) is -1.78. The summed E-state index contributed by atoms with van der Waals surface area (Å²) >= 11 is 0. The molecule has 0 fully saturated rings. The number of carboxylic acid groups (broad SMARTS) is 1. The Labute approximate surface area is 64.8 Å². The zero-order chi connectivity index (χ0) is 8.85. The third-order valence-corrected chi connectivity index (χ3v) is 1.05. The highest BCUT2D eigenvalue weighted by Gasteiger charge is 2.05. The molecule has 0 aliphatic heterocycles. The maximum Gasteiger partial charge on any atom is 0.220 e. The zero-order valence-corrected chi connectivity index (χ0v) is 6.16. The standard InChI is InChI=1S/C7H9NO3/c1-3-4-8(6(2)9)5-7(10)11/h1H,4-5H2,2H3,(H,10,11)/p-1. The first-order valence-corrected chi connectivity index (χ1v) is 2.96. The quantitative estimate of drug-likeness (QED) is 0.451. The van der Waals surface area contributed by atoms with E-state index in [1.165, 1.54) is 6.92 Å². The van der Waals surface area contributed by atoms with Gasteiger partial charge < -0.3 is 14.8 Å². The molecule has 4 heteroatoms. The first-order chi connectivity index (χ1) is 5.07. The number of amides is 1. The van der Waals surface area contributed by atoms with Gasteiger partial charge in [-0.1, -0.05) is 5.92 Å². The Morgan fingerprint density at radius 1 is 1.64 bits per heavy atom. The van der Waals surface area contributed by atoms with Crippen LogP contribution in [0.1, 0.15) is 6.92 Å². The Kier molecular flexibility index (Phi) is 3.75. The Morgan fingerprint density at radius 2 is 2.18 bits per heavy atom. The lowest BCUT2D eigenvalue weighted by molar-refractivity contribution is -0.305. The largest absolute Gasteiger partial charge is 0.548 e. The molecular weight excluding hydrogens is 146 g/mol. The molecule has 11 heavy (non-hydrogen) atoms. The van der Waals surface area contributed by atoms with Gasteiger partial charge in [0.15, 0.2) is 0 Å². The van der Waals surface area contributed by atoms with E-state index in [9.17, 15) is 14.7 Å². The van der Waals surface area contributed by atoms with Crippen molar-refractivity contribution in [3.05, 3.63) is 0 Å². The van der Waals surface area contributed by atoms with Crippen LogP contribution in [0, 0.1) is 12.3 Å². The number of hydrogen-bond donors (Lipinski definition) is 0. The first-order valence-electron chi connectivity index (χ1n) is 2.96. The van der Waals surface area contributed by atoms with Gasteiger partial charge in [0.1, 0.15) is 0 Å². The fourth-order valence-corrected chi connectivity index (χ4v) is 0.545. The normalized spacial score (nSPS) is 8.36. The Morgan fingerprint density at radius 3 is 2.45 bits per heavy atom. The molecule has 0 spiro atoms. The minimum absolute atomic E-state index is 0.00329. The summed E-state index contributed by atoms with van der Waals surface area (Å²) in [6, 6.07) is 0. The number of aliphatic carboxylic acids is 1. The molecule has 0 rings (SSSR count). The molecule has 0 aromatic carbocycles. The van der Waals surface area contributed by atoms with E-state index in [0.717, 1.165) is 4.90 Å². The smallest absolute Gasteiger partial charge is 0.220 e. The summed E-state index contributed by atoms with van der Waals surface area (Å²) in [7, 11) is 0. The lowest BCUT2D eigenvalue weighted by atomic mass is 10.4. The van der Waals surface area contributed by atoms with Gasteiger partial charge in [-0.3, -0.25) is 4.79 Å². The van der Waals surface area contributed by atoms with Gasteiger partial charge in [0, 0.05) is 6.92 Å². The van der Waals surface area contributed by atoms with Crippen molar-refractivity contribution in [1.82, 2.24) is 4.90 Å². The summed E-state index contributed by atoms with van der Waals surface area (Å²) in [5, 5.41) is 10.0. The molecule has 0 aromatic rings. The van der Waals surface area contributed by atoms with Gasteiger partial charge >= 0.3 is 0 Å². The summed E-state index contributed by atoms with van der Waals surface area (Å²) in [5.41, 5.74) is 0. The molecule has 0 atom stereocenters. The molecule has 0 aliphatic carbocycles. The highest BCUT2D eigenvalue weighted by molar-refractivity contribution is 5.78. The van der Waals surface area contributed by atoms with Crippen molar-refractivity contribution in [3.8, 4) is 12.3 Å². The topological polar surface area (TPSA) is 60.4 Å². The summed E-state index contributed by atoms with van der Waals surface area (Å²) < 4.78 is 0. The highest BCUT2D eigenvalue weighted by Crippen LogP contribution is 1.86. The number of rotatable bonds is 3. The van der Waals surface area contributed by atoms with E-state index in [0.29, 0.717) is 0 Å². The first kappa shape index (κ1) is 9.50. The van der Waals surface area contributed by atoms with Gasteiger partial charge in [-0.15, -0.1) is 6.42 Å². The van der Waals surface area contributed by atoms with Crippen LogP contribution in [0.4, 0.5) is 0 Å². The monoisotopic (exact) mass is 154 g/mol. The number of terminal acetylenes is 1. The van der Waals surface area contributed by atoms with E-state index in [1.807, 2.05) is 0 Å². The number of hydrogen-bond acceptors (Lipinski definition) is 3. The minimum atomic E-state index is -1.31. The minimum Gasteiger partial charge on any atom is -0.548 e. The third-order valence-electron chi connectivity index (χ3n) is 1.05. The molecule has 0 unspecified atom stereocenters. The molecule has 0 aliphatic rings. The molecule has 0 aromatic heterocycles. The van der Waals surface area contributed by atoms with Crippen LogP contribution in [-0.4, -0.2) is 29.9 Å². The molecule has 1 amide bonds. The van der Waals surface area contributed by atoms with Crippen molar-refractivity contribution in [2.75, 3.05) is 13.1 Å². The van der Waals surface area contributed by atoms with Gasteiger partial charge in [0.25, 0.3) is 0 Å². The van der Waals surface area contributed by atoms with Gasteiger partial charge in [0.2, 0.25) is 5.91 Å². The van der Waals surface area contributed by atoms with Crippen molar-refractivity contribution in [3.63, 3.8) is 0 Å². The van der Waals surface area contributed by atoms with Crippen LogP contribution in [0.15, 0.2) is 0 Å². The Bertz CT molecular complexity index is 204. The van der Waals surface area contributed by atoms with Crippen molar-refractivity contribution in [2.24, 2.45) is 0 Å². The average Bonchev–Trinajstić information content (AvgIpc) is 1.86. The summed E-state index contributed by atoms with van der Waals surface area (Å²) in [6.45, 7) is 0.809. The molecule has 0 bridgehead atoms. The zero-order valence-electron chi connectivity index (χ0n) is 6.16. The number of carboxylic acids is 1. The molecule has 0 heterocycles. The van der Waals surface area contributed by atoms with Crippen LogP contribution in [0.2, 0.25) is 0 Å². The second-order valence-corrected chi connectivity index (χ2v) is 1.95. The Balaban J connectivity index is 4.02. The maximum absolute atomic E-state index is 10.6. The highest BCUT2D eigenvalue weighted by atomic mass is 16.4. The third kappa shape index (κ3) is 3.98. The van der Waals surface area contributed by atoms with E-state index >= 15 is 0 Å². The number of carbonyl (C=O) groups excluding carboxylic acids is 2. The van der Waals surface area contributed by atoms with E-state index in [2.05, 4.69) is 5.92 Å². The summed E-state index contributed by atoms with van der Waals surface area (Å²) in [5.74, 6) is 0.490. The van der Waals surface area contributed by atoms with Crippen LogP contribution < -0.4 is 5.11 Å². The van der Waals surface area contributed by atoms with Crippen LogP contribution in [-0.2, 0) is 9.59 Å². The van der Waals surface area contributed by atoms with Crippen molar-refractivity contribution < 1.29 is 14.7 Å². The molecule has 0 N–H and O–H groups in total. The second kappa shape index (κ2) is 4.34. The fourth-order valence-electron chi connectivity index (χ4n) is 0.545. The lowest BCUT2D eigenvalue weighted by Crippen LogP contribution is -2.40. The van der Waals surface area contributed by atoms with Crippen molar-refractivity contribution >= 4 is 11.9 Å². The molecule has 0 saturated heterocycles. The summed E-state index contributed by atoms with van der Waals surface area (Å²) in [4.78, 5) is 21.6. The predicted molar refractivity (Wildman–Crippen MR) is 36.1 cm³/mol. The van der Waals surface area contributed by atoms with E-state index in [4.69, 9.17) is 6.42 Å². The van der Waals surface area contributed by atoms with Crippen LogP contribution >= 0.6 is 0 Å². The molecule has 4 nitrogen and oxygen atoms in total. The Hall–Kier alpha value is -1.50. The lowest BCUT2D eigenvalue weighted by Gasteiger charge is -2.17. The fraction of sp³-hybridized carbons (Fsp3) is 0.429. The number of carbonyl (C=O) groups is 2. The summed E-state index contributed by atoms with van der Waals surface area (Å²) in [6.07, 6.45) is 4.89. The van der Waals surface area contributed by atoms with Gasteiger partial charge in [-0.2, -0.15) is 0 Å². The number of nitrogens with zero attached hydrogens (tertiary/aromatic N) is 1. The second-order valence-electron chi connectivity index (χ2n) is 1.95. The van der Waals surface area contributed by atoms with Crippen molar-refractivity contribution in [1.29, 1.82) is 0 Å². The van der Waals surface area contributed by atoms with Crippen LogP contribution in [0.3, 0.4) is 0 Å². The molecule has 0 radical (unpaired) electrons. The van der Waals surface area contributed by atoms with Gasteiger partial charge in [-0.25, -0.2) is 0 Å². The van der Waals surface area contributed by atoms with Gasteiger partial charge in [-0.05, 0) is 0 Å². The average molecular weight is 154 g/mol.